The molecule has 0 radical (unpaired) electrons. The molecule has 0 heterocycles. The van der Waals surface area contributed by atoms with Crippen LogP contribution in [-0.2, 0) is 0 Å². The zero-order valence-electron chi connectivity index (χ0n) is 11.3. The lowest BCUT2D eigenvalue weighted by Gasteiger charge is -2.13. The minimum absolute atomic E-state index is 0.678. The summed E-state index contributed by atoms with van der Waals surface area (Å²) in [5.74, 6) is 3.38. The smallest absolute Gasteiger partial charge is 0.161 e. The lowest BCUT2D eigenvalue weighted by atomic mass is 10.1. The van der Waals surface area contributed by atoms with E-state index in [9.17, 15) is 0 Å². The van der Waals surface area contributed by atoms with Gasteiger partial charge in [-0.25, -0.2) is 0 Å². The number of benzene rings is 1. The second-order valence-corrected chi connectivity index (χ2v) is 5.02. The van der Waals surface area contributed by atoms with E-state index in [-0.39, 0.29) is 0 Å². The van der Waals surface area contributed by atoms with Crippen LogP contribution in [0.4, 0.5) is 0 Å². The molecule has 1 aromatic rings. The molecule has 0 bridgehead atoms. The number of para-hydroxylation sites is 2. The normalized spacial score (nSPS) is 16.3. The van der Waals surface area contributed by atoms with Crippen molar-refractivity contribution in [1.29, 1.82) is 0 Å². The van der Waals surface area contributed by atoms with Crippen LogP contribution in [0.25, 0.3) is 0 Å². The van der Waals surface area contributed by atoms with Crippen LogP contribution in [-0.4, -0.2) is 26.8 Å². The lowest BCUT2D eigenvalue weighted by Crippen LogP contribution is -2.26. The fourth-order valence-electron chi connectivity index (χ4n) is 2.13. The van der Waals surface area contributed by atoms with Crippen LogP contribution < -0.4 is 14.8 Å². The molecular weight excluding hydrogens is 226 g/mol. The summed E-state index contributed by atoms with van der Waals surface area (Å²) in [4.78, 5) is 0. The molecule has 0 spiro atoms. The summed E-state index contributed by atoms with van der Waals surface area (Å²) < 4.78 is 10.9. The fourth-order valence-corrected chi connectivity index (χ4v) is 2.13. The SMILES string of the molecule is COc1ccccc1OCCNCC(C)C1CC1. The highest BCUT2D eigenvalue weighted by atomic mass is 16.5. The second-order valence-electron chi connectivity index (χ2n) is 5.02. The van der Waals surface area contributed by atoms with Gasteiger partial charge in [0.25, 0.3) is 0 Å². The number of hydrogen-bond donors (Lipinski definition) is 1. The molecule has 2 rings (SSSR count). The van der Waals surface area contributed by atoms with Gasteiger partial charge >= 0.3 is 0 Å². The third-order valence-corrected chi connectivity index (χ3v) is 3.50. The molecule has 1 N–H and O–H groups in total. The van der Waals surface area contributed by atoms with E-state index in [0.717, 1.165) is 36.4 Å². The number of methoxy groups -OCH3 is 1. The molecular formula is C15H23NO2. The quantitative estimate of drug-likeness (QED) is 0.719. The number of ether oxygens (including phenoxy) is 2. The zero-order valence-corrected chi connectivity index (χ0v) is 11.3. The lowest BCUT2D eigenvalue weighted by molar-refractivity contribution is 0.288. The predicted octanol–water partition coefficient (Wildman–Crippen LogP) is 2.71. The third kappa shape index (κ3) is 3.91. The van der Waals surface area contributed by atoms with E-state index in [4.69, 9.17) is 9.47 Å². The van der Waals surface area contributed by atoms with E-state index in [2.05, 4.69) is 12.2 Å². The molecule has 0 aliphatic heterocycles. The van der Waals surface area contributed by atoms with Crippen molar-refractivity contribution in [2.24, 2.45) is 11.8 Å². The van der Waals surface area contributed by atoms with Crippen LogP contribution in [0.1, 0.15) is 19.8 Å². The molecule has 1 atom stereocenters. The van der Waals surface area contributed by atoms with Crippen LogP contribution >= 0.6 is 0 Å². The first-order valence-electron chi connectivity index (χ1n) is 6.78. The second kappa shape index (κ2) is 6.64. The van der Waals surface area contributed by atoms with E-state index in [0.29, 0.717) is 6.61 Å². The summed E-state index contributed by atoms with van der Waals surface area (Å²) in [6, 6.07) is 7.76. The van der Waals surface area contributed by atoms with Crippen molar-refractivity contribution in [2.45, 2.75) is 19.8 Å². The van der Waals surface area contributed by atoms with Crippen LogP contribution in [0.15, 0.2) is 24.3 Å². The van der Waals surface area contributed by atoms with Crippen molar-refractivity contribution in [3.63, 3.8) is 0 Å². The monoisotopic (exact) mass is 249 g/mol. The van der Waals surface area contributed by atoms with Crippen molar-refractivity contribution in [1.82, 2.24) is 5.32 Å². The topological polar surface area (TPSA) is 30.5 Å². The van der Waals surface area contributed by atoms with E-state index in [1.165, 1.54) is 12.8 Å². The average molecular weight is 249 g/mol. The molecule has 1 aliphatic rings. The van der Waals surface area contributed by atoms with Gasteiger partial charge in [0.2, 0.25) is 0 Å². The highest BCUT2D eigenvalue weighted by Crippen LogP contribution is 2.36. The largest absolute Gasteiger partial charge is 0.493 e. The summed E-state index contributed by atoms with van der Waals surface area (Å²) in [7, 11) is 1.66. The van der Waals surface area contributed by atoms with E-state index in [1.54, 1.807) is 7.11 Å². The molecule has 1 aliphatic carbocycles. The Morgan fingerprint density at radius 2 is 2.00 bits per heavy atom. The molecule has 1 unspecified atom stereocenters. The van der Waals surface area contributed by atoms with Gasteiger partial charge in [0.15, 0.2) is 11.5 Å². The van der Waals surface area contributed by atoms with Crippen LogP contribution in [0.2, 0.25) is 0 Å². The fraction of sp³-hybridized carbons (Fsp3) is 0.600. The maximum Gasteiger partial charge on any atom is 0.161 e. The van der Waals surface area contributed by atoms with Gasteiger partial charge in [0, 0.05) is 6.54 Å². The maximum atomic E-state index is 5.70. The molecule has 1 fully saturated rings. The van der Waals surface area contributed by atoms with Crippen LogP contribution in [0.5, 0.6) is 11.5 Å². The first-order valence-corrected chi connectivity index (χ1v) is 6.78. The standard InChI is InChI=1S/C15H23NO2/c1-12(13-7-8-13)11-16-9-10-18-15-6-4-3-5-14(15)17-2/h3-6,12-13,16H,7-11H2,1-2H3. The van der Waals surface area contributed by atoms with Crippen molar-refractivity contribution < 1.29 is 9.47 Å². The third-order valence-electron chi connectivity index (χ3n) is 3.50. The summed E-state index contributed by atoms with van der Waals surface area (Å²) in [6.45, 7) is 4.98. The number of nitrogens with one attached hydrogen (secondary N) is 1. The summed E-state index contributed by atoms with van der Waals surface area (Å²) >= 11 is 0. The van der Waals surface area contributed by atoms with Gasteiger partial charge in [0.05, 0.1) is 7.11 Å². The van der Waals surface area contributed by atoms with E-state index in [1.807, 2.05) is 24.3 Å². The van der Waals surface area contributed by atoms with Gasteiger partial charge in [-0.1, -0.05) is 19.1 Å². The van der Waals surface area contributed by atoms with Gasteiger partial charge in [-0.05, 0) is 43.4 Å². The molecule has 1 saturated carbocycles. The highest BCUT2D eigenvalue weighted by Gasteiger charge is 2.27. The molecule has 3 nitrogen and oxygen atoms in total. The Hall–Kier alpha value is -1.22. The molecule has 0 saturated heterocycles. The minimum Gasteiger partial charge on any atom is -0.493 e. The van der Waals surface area contributed by atoms with E-state index < -0.39 is 0 Å². The molecule has 0 aromatic heterocycles. The van der Waals surface area contributed by atoms with Crippen molar-refractivity contribution in [3.8, 4) is 11.5 Å². The van der Waals surface area contributed by atoms with Gasteiger partial charge in [-0.15, -0.1) is 0 Å². The minimum atomic E-state index is 0.678. The van der Waals surface area contributed by atoms with Crippen LogP contribution in [0, 0.1) is 11.8 Å². The number of hydrogen-bond acceptors (Lipinski definition) is 3. The Labute approximate surface area is 109 Å². The Bertz CT molecular complexity index is 363. The van der Waals surface area contributed by atoms with Gasteiger partial charge in [0.1, 0.15) is 6.61 Å². The molecule has 0 amide bonds. The molecule has 3 heteroatoms. The maximum absolute atomic E-state index is 5.70. The molecule has 1 aromatic carbocycles. The van der Waals surface area contributed by atoms with Gasteiger partial charge in [-0.3, -0.25) is 0 Å². The van der Waals surface area contributed by atoms with Crippen molar-refractivity contribution >= 4 is 0 Å². The summed E-state index contributed by atoms with van der Waals surface area (Å²) in [6.07, 6.45) is 2.83. The average Bonchev–Trinajstić information content (AvgIpc) is 3.23. The Balaban J connectivity index is 1.62. The highest BCUT2D eigenvalue weighted by molar-refractivity contribution is 5.39. The number of rotatable bonds is 8. The first-order chi connectivity index (χ1) is 8.81. The van der Waals surface area contributed by atoms with Gasteiger partial charge < -0.3 is 14.8 Å². The van der Waals surface area contributed by atoms with Gasteiger partial charge in [-0.2, -0.15) is 0 Å². The van der Waals surface area contributed by atoms with E-state index >= 15 is 0 Å². The Morgan fingerprint density at radius 3 is 2.67 bits per heavy atom. The molecule has 18 heavy (non-hydrogen) atoms. The Morgan fingerprint density at radius 1 is 1.28 bits per heavy atom. The van der Waals surface area contributed by atoms with Crippen LogP contribution in [0.3, 0.4) is 0 Å². The van der Waals surface area contributed by atoms with Crippen molar-refractivity contribution in [2.75, 3.05) is 26.8 Å². The molecule has 100 valence electrons. The summed E-state index contributed by atoms with van der Waals surface area (Å²) in [5.41, 5.74) is 0. The first kappa shape index (κ1) is 13.2. The zero-order chi connectivity index (χ0) is 12.8. The Kier molecular flexibility index (Phi) is 4.88. The summed E-state index contributed by atoms with van der Waals surface area (Å²) in [5, 5.41) is 3.45. The predicted molar refractivity (Wildman–Crippen MR) is 73.2 cm³/mol. The van der Waals surface area contributed by atoms with Crippen molar-refractivity contribution in [3.05, 3.63) is 24.3 Å².